The molecule has 0 radical (unpaired) electrons. The van der Waals surface area contributed by atoms with Crippen molar-refractivity contribution in [3.8, 4) is 0 Å². The van der Waals surface area contributed by atoms with E-state index in [-0.39, 0.29) is 24.0 Å². The lowest BCUT2D eigenvalue weighted by molar-refractivity contribution is 0.804. The van der Waals surface area contributed by atoms with Gasteiger partial charge >= 0.3 is 0 Å². The Kier molecular flexibility index (Phi) is 7.89. The summed E-state index contributed by atoms with van der Waals surface area (Å²) in [6, 6.07) is 12.4. The van der Waals surface area contributed by atoms with E-state index in [1.54, 1.807) is 0 Å². The number of hydrogen-bond acceptors (Lipinski definition) is 2. The molecule has 0 fully saturated rings. The Hall–Kier alpha value is -1.61. The number of rotatable bonds is 5. The molecule has 0 aliphatic heterocycles. The highest BCUT2D eigenvalue weighted by Gasteiger charge is 2.04. The lowest BCUT2D eigenvalue weighted by Crippen LogP contribution is -2.36. The first kappa shape index (κ1) is 20.7. The zero-order valence-electron chi connectivity index (χ0n) is 14.9. The molecule has 5 nitrogen and oxygen atoms in total. The Balaban J connectivity index is 0.00000243. The highest BCUT2D eigenvalue weighted by molar-refractivity contribution is 14.0. The van der Waals surface area contributed by atoms with Crippen LogP contribution in [0, 0.1) is 6.92 Å². The molecule has 0 atom stereocenters. The van der Waals surface area contributed by atoms with Gasteiger partial charge < -0.3 is 15.0 Å². The quantitative estimate of drug-likeness (QED) is 0.296. The van der Waals surface area contributed by atoms with E-state index in [1.165, 1.54) is 11.1 Å². The molecule has 3 aromatic rings. The predicted molar refractivity (Wildman–Crippen MR) is 121 cm³/mol. The topological polar surface area (TPSA) is 53.7 Å². The highest BCUT2D eigenvalue weighted by atomic mass is 127. The Bertz CT molecular complexity index is 873. The van der Waals surface area contributed by atoms with Gasteiger partial charge in [-0.2, -0.15) is 0 Å². The minimum atomic E-state index is 0. The molecule has 138 valence electrons. The lowest BCUT2D eigenvalue weighted by Gasteiger charge is -2.10. The van der Waals surface area contributed by atoms with Gasteiger partial charge in [-0.1, -0.05) is 29.8 Å². The molecule has 1 aromatic carbocycles. The third-order valence-corrected chi connectivity index (χ3v) is 4.26. The average Bonchev–Trinajstić information content (AvgIpc) is 3.00. The summed E-state index contributed by atoms with van der Waals surface area (Å²) in [7, 11) is 0. The van der Waals surface area contributed by atoms with Crippen LogP contribution >= 0.6 is 39.9 Å². The number of aromatic nitrogens is 2. The first-order valence-electron chi connectivity index (χ1n) is 8.35. The second-order valence-corrected chi connectivity index (χ2v) is 6.80. The van der Waals surface area contributed by atoms with E-state index in [2.05, 4.69) is 74.7 Å². The average molecular weight is 528 g/mol. The van der Waals surface area contributed by atoms with E-state index in [0.29, 0.717) is 13.1 Å². The number of guanidine groups is 1. The number of aliphatic imine (C=N–C) groups is 1. The number of nitrogens with zero attached hydrogens (tertiary/aromatic N) is 3. The Morgan fingerprint density at radius 3 is 2.62 bits per heavy atom. The van der Waals surface area contributed by atoms with Gasteiger partial charge in [-0.25, -0.2) is 9.98 Å². The van der Waals surface area contributed by atoms with Crippen LogP contribution in [0.5, 0.6) is 0 Å². The summed E-state index contributed by atoms with van der Waals surface area (Å²) in [6.07, 6.45) is 4.03. The number of aryl methyl sites for hydroxylation is 1. The lowest BCUT2D eigenvalue weighted by atomic mass is 10.1. The van der Waals surface area contributed by atoms with E-state index in [9.17, 15) is 0 Å². The number of benzene rings is 1. The second kappa shape index (κ2) is 9.91. The summed E-state index contributed by atoms with van der Waals surface area (Å²) in [6.45, 7) is 6.24. The van der Waals surface area contributed by atoms with Crippen LogP contribution in [0.4, 0.5) is 0 Å². The van der Waals surface area contributed by atoms with Crippen molar-refractivity contribution < 1.29 is 0 Å². The monoisotopic (exact) mass is 527 g/mol. The van der Waals surface area contributed by atoms with E-state index in [0.717, 1.165) is 28.3 Å². The Morgan fingerprint density at radius 2 is 1.88 bits per heavy atom. The number of halogens is 2. The fourth-order valence-electron chi connectivity index (χ4n) is 2.48. The van der Waals surface area contributed by atoms with Gasteiger partial charge in [0.25, 0.3) is 0 Å². The van der Waals surface area contributed by atoms with Crippen LogP contribution in [0.25, 0.3) is 5.65 Å². The SMILES string of the molecule is CCNC(=NCc1ccc(C)cc1)NCc1cn2cc(Br)ccc2n1.I. The van der Waals surface area contributed by atoms with Crippen LogP contribution in [-0.4, -0.2) is 21.9 Å². The summed E-state index contributed by atoms with van der Waals surface area (Å²) in [5.41, 5.74) is 4.36. The molecule has 7 heteroatoms. The van der Waals surface area contributed by atoms with E-state index >= 15 is 0 Å². The standard InChI is InChI=1S/C19H22BrN5.HI/c1-3-21-19(22-10-15-6-4-14(2)5-7-15)23-11-17-13-25-12-16(20)8-9-18(25)24-17;/h4-9,12-13H,3,10-11H2,1-2H3,(H2,21,22,23);1H. The maximum absolute atomic E-state index is 4.65. The van der Waals surface area contributed by atoms with Crippen LogP contribution in [0.3, 0.4) is 0 Å². The largest absolute Gasteiger partial charge is 0.357 e. The van der Waals surface area contributed by atoms with Crippen molar-refractivity contribution in [1.82, 2.24) is 20.0 Å². The number of hydrogen-bond donors (Lipinski definition) is 2. The number of fused-ring (bicyclic) bond motifs is 1. The van der Waals surface area contributed by atoms with Crippen LogP contribution in [0.1, 0.15) is 23.7 Å². The summed E-state index contributed by atoms with van der Waals surface area (Å²) in [4.78, 5) is 9.26. The van der Waals surface area contributed by atoms with Gasteiger partial charge in [0.2, 0.25) is 0 Å². The molecular weight excluding hydrogens is 505 g/mol. The molecule has 0 unspecified atom stereocenters. The van der Waals surface area contributed by atoms with Crippen molar-refractivity contribution in [3.05, 3.63) is 70.1 Å². The molecule has 26 heavy (non-hydrogen) atoms. The van der Waals surface area contributed by atoms with Crippen molar-refractivity contribution >= 4 is 51.5 Å². The first-order chi connectivity index (χ1) is 12.1. The molecule has 0 aliphatic carbocycles. The molecule has 0 saturated carbocycles. The van der Waals surface area contributed by atoms with Crippen LogP contribution in [0.15, 0.2) is 58.3 Å². The maximum atomic E-state index is 4.65. The minimum absolute atomic E-state index is 0. The first-order valence-corrected chi connectivity index (χ1v) is 9.14. The minimum Gasteiger partial charge on any atom is -0.357 e. The summed E-state index contributed by atoms with van der Waals surface area (Å²) >= 11 is 3.48. The normalized spacial score (nSPS) is 11.3. The maximum Gasteiger partial charge on any atom is 0.191 e. The molecule has 0 amide bonds. The number of nitrogens with one attached hydrogen (secondary N) is 2. The summed E-state index contributed by atoms with van der Waals surface area (Å²) in [5, 5.41) is 6.62. The zero-order valence-corrected chi connectivity index (χ0v) is 18.8. The zero-order chi connectivity index (χ0) is 17.6. The molecule has 0 bridgehead atoms. The Labute approximate surface area is 179 Å². The molecular formula is C19H23BrIN5. The number of pyridine rings is 1. The van der Waals surface area contributed by atoms with E-state index < -0.39 is 0 Å². The second-order valence-electron chi connectivity index (χ2n) is 5.88. The number of imidazole rings is 1. The molecule has 0 saturated heterocycles. The van der Waals surface area contributed by atoms with Crippen molar-refractivity contribution in [2.75, 3.05) is 6.54 Å². The smallest absolute Gasteiger partial charge is 0.191 e. The van der Waals surface area contributed by atoms with Crippen LogP contribution in [-0.2, 0) is 13.1 Å². The van der Waals surface area contributed by atoms with Gasteiger partial charge in [0, 0.05) is 23.4 Å². The van der Waals surface area contributed by atoms with Gasteiger partial charge in [0.15, 0.2) is 5.96 Å². The highest BCUT2D eigenvalue weighted by Crippen LogP contribution is 2.12. The van der Waals surface area contributed by atoms with Gasteiger partial charge in [-0.05, 0) is 47.5 Å². The third-order valence-electron chi connectivity index (χ3n) is 3.79. The van der Waals surface area contributed by atoms with Crippen LogP contribution < -0.4 is 10.6 Å². The fraction of sp³-hybridized carbons (Fsp3) is 0.263. The molecule has 2 aromatic heterocycles. The van der Waals surface area contributed by atoms with Crippen LogP contribution in [0.2, 0.25) is 0 Å². The predicted octanol–water partition coefficient (Wildman–Crippen LogP) is 4.28. The molecule has 0 aliphatic rings. The van der Waals surface area contributed by atoms with Crippen molar-refractivity contribution in [3.63, 3.8) is 0 Å². The summed E-state index contributed by atoms with van der Waals surface area (Å²) < 4.78 is 3.04. The molecule has 2 N–H and O–H groups in total. The molecule has 3 rings (SSSR count). The van der Waals surface area contributed by atoms with Gasteiger partial charge in [-0.3, -0.25) is 0 Å². The fourth-order valence-corrected chi connectivity index (χ4v) is 2.83. The van der Waals surface area contributed by atoms with Crippen molar-refractivity contribution in [1.29, 1.82) is 0 Å². The molecule has 2 heterocycles. The van der Waals surface area contributed by atoms with Gasteiger partial charge in [0.1, 0.15) is 5.65 Å². The van der Waals surface area contributed by atoms with Gasteiger partial charge in [-0.15, -0.1) is 24.0 Å². The van der Waals surface area contributed by atoms with E-state index in [1.807, 2.05) is 28.9 Å². The Morgan fingerprint density at radius 1 is 1.12 bits per heavy atom. The summed E-state index contributed by atoms with van der Waals surface area (Å²) in [5.74, 6) is 0.793. The third kappa shape index (κ3) is 5.70. The molecule has 0 spiro atoms. The van der Waals surface area contributed by atoms with E-state index in [4.69, 9.17) is 0 Å². The van der Waals surface area contributed by atoms with Crippen molar-refractivity contribution in [2.45, 2.75) is 26.9 Å². The van der Waals surface area contributed by atoms with Crippen molar-refractivity contribution in [2.24, 2.45) is 4.99 Å². The van der Waals surface area contributed by atoms with Gasteiger partial charge in [0.05, 0.1) is 18.8 Å².